The lowest BCUT2D eigenvalue weighted by Crippen LogP contribution is -2.26. The number of halogens is 1. The molecule has 84 valence electrons. The predicted octanol–water partition coefficient (Wildman–Crippen LogP) is 2.64. The van der Waals surface area contributed by atoms with Crippen LogP contribution >= 0.6 is 0 Å². The van der Waals surface area contributed by atoms with Gasteiger partial charge in [0.05, 0.1) is 0 Å². The van der Waals surface area contributed by atoms with Crippen molar-refractivity contribution in [3.8, 4) is 5.75 Å². The Morgan fingerprint density at radius 2 is 2.20 bits per heavy atom. The first-order valence-corrected chi connectivity index (χ1v) is 5.30. The van der Waals surface area contributed by atoms with Gasteiger partial charge >= 0.3 is 0 Å². The zero-order valence-corrected chi connectivity index (χ0v) is 9.29. The minimum absolute atomic E-state index is 0.0181. The van der Waals surface area contributed by atoms with Crippen molar-refractivity contribution in [3.63, 3.8) is 0 Å². The van der Waals surface area contributed by atoms with Gasteiger partial charge in [0.2, 0.25) is 0 Å². The molecule has 2 N–H and O–H groups in total. The van der Waals surface area contributed by atoms with Crippen LogP contribution < -0.4 is 10.5 Å². The van der Waals surface area contributed by atoms with Crippen LogP contribution in [0, 0.1) is 12.7 Å². The van der Waals surface area contributed by atoms with Crippen LogP contribution in [-0.4, -0.2) is 12.6 Å². The van der Waals surface area contributed by atoms with E-state index in [1.807, 2.05) is 6.92 Å². The maximum atomic E-state index is 13.0. The van der Waals surface area contributed by atoms with E-state index in [1.165, 1.54) is 12.1 Å². The average Bonchev–Trinajstić information content (AvgIpc) is 2.22. The fourth-order valence-corrected chi connectivity index (χ4v) is 1.43. The smallest absolute Gasteiger partial charge is 0.126 e. The minimum Gasteiger partial charge on any atom is -0.489 e. The Labute approximate surface area is 90.2 Å². The first-order chi connectivity index (χ1) is 7.17. The Morgan fingerprint density at radius 3 is 2.80 bits per heavy atom. The van der Waals surface area contributed by atoms with E-state index >= 15 is 0 Å². The van der Waals surface area contributed by atoms with E-state index in [1.54, 1.807) is 6.07 Å². The third-order valence-corrected chi connectivity index (χ3v) is 2.32. The topological polar surface area (TPSA) is 35.2 Å². The summed E-state index contributed by atoms with van der Waals surface area (Å²) in [7, 11) is 0. The summed E-state index contributed by atoms with van der Waals surface area (Å²) in [4.78, 5) is 0. The molecule has 1 aromatic rings. The molecule has 0 saturated heterocycles. The van der Waals surface area contributed by atoms with Gasteiger partial charge in [0.25, 0.3) is 0 Å². The average molecular weight is 211 g/mol. The number of ether oxygens (including phenoxy) is 1. The summed E-state index contributed by atoms with van der Waals surface area (Å²) in [6.07, 6.45) is 1.89. The molecule has 0 aromatic heterocycles. The fourth-order valence-electron chi connectivity index (χ4n) is 1.43. The molecule has 2 nitrogen and oxygen atoms in total. The lowest BCUT2D eigenvalue weighted by Gasteiger charge is -2.18. The zero-order valence-electron chi connectivity index (χ0n) is 9.29. The van der Waals surface area contributed by atoms with Crippen LogP contribution in [-0.2, 0) is 0 Å². The fraction of sp³-hybridized carbons (Fsp3) is 0.500. The highest BCUT2D eigenvalue weighted by Gasteiger charge is 2.09. The van der Waals surface area contributed by atoms with Gasteiger partial charge in [0.1, 0.15) is 17.7 Å². The SMILES string of the molecule is CCCC(CN)Oc1cc(F)ccc1C. The molecule has 1 atom stereocenters. The van der Waals surface area contributed by atoms with E-state index in [-0.39, 0.29) is 11.9 Å². The molecule has 0 aliphatic rings. The van der Waals surface area contributed by atoms with Crippen molar-refractivity contribution in [2.45, 2.75) is 32.8 Å². The van der Waals surface area contributed by atoms with Crippen LogP contribution in [0.2, 0.25) is 0 Å². The van der Waals surface area contributed by atoms with E-state index in [9.17, 15) is 4.39 Å². The molecule has 0 fully saturated rings. The molecule has 0 saturated carbocycles. The van der Waals surface area contributed by atoms with Crippen molar-refractivity contribution >= 4 is 0 Å². The number of aryl methyl sites for hydroxylation is 1. The standard InChI is InChI=1S/C12H18FNO/c1-3-4-11(8-14)15-12-7-10(13)6-5-9(12)2/h5-7,11H,3-4,8,14H2,1-2H3. The zero-order chi connectivity index (χ0) is 11.3. The molecular formula is C12H18FNO. The maximum Gasteiger partial charge on any atom is 0.126 e. The van der Waals surface area contributed by atoms with Crippen molar-refractivity contribution in [3.05, 3.63) is 29.6 Å². The summed E-state index contributed by atoms with van der Waals surface area (Å²) in [5, 5.41) is 0. The second-order valence-electron chi connectivity index (χ2n) is 3.67. The van der Waals surface area contributed by atoms with E-state index in [0.29, 0.717) is 12.3 Å². The van der Waals surface area contributed by atoms with Gasteiger partial charge in [-0.1, -0.05) is 19.4 Å². The highest BCUT2D eigenvalue weighted by Crippen LogP contribution is 2.20. The summed E-state index contributed by atoms with van der Waals surface area (Å²) >= 11 is 0. The molecule has 1 aromatic carbocycles. The number of nitrogens with two attached hydrogens (primary N) is 1. The molecule has 0 aliphatic carbocycles. The Hall–Kier alpha value is -1.09. The van der Waals surface area contributed by atoms with Crippen molar-refractivity contribution < 1.29 is 9.13 Å². The van der Waals surface area contributed by atoms with Gasteiger partial charge in [-0.2, -0.15) is 0 Å². The largest absolute Gasteiger partial charge is 0.489 e. The highest BCUT2D eigenvalue weighted by atomic mass is 19.1. The number of hydrogen-bond acceptors (Lipinski definition) is 2. The summed E-state index contributed by atoms with van der Waals surface area (Å²) in [5.41, 5.74) is 6.51. The van der Waals surface area contributed by atoms with Gasteiger partial charge in [-0.25, -0.2) is 4.39 Å². The van der Waals surface area contributed by atoms with Gasteiger partial charge in [-0.3, -0.25) is 0 Å². The minimum atomic E-state index is -0.275. The summed E-state index contributed by atoms with van der Waals surface area (Å²) in [6, 6.07) is 4.55. The Balaban J connectivity index is 2.73. The lowest BCUT2D eigenvalue weighted by atomic mass is 10.2. The molecule has 1 unspecified atom stereocenters. The van der Waals surface area contributed by atoms with Crippen molar-refractivity contribution in [1.82, 2.24) is 0 Å². The van der Waals surface area contributed by atoms with Gasteiger partial charge in [0.15, 0.2) is 0 Å². The van der Waals surface area contributed by atoms with E-state index in [4.69, 9.17) is 10.5 Å². The number of hydrogen-bond donors (Lipinski definition) is 1. The van der Waals surface area contributed by atoms with Crippen LogP contribution in [0.1, 0.15) is 25.3 Å². The van der Waals surface area contributed by atoms with Crippen LogP contribution in [0.5, 0.6) is 5.75 Å². The lowest BCUT2D eigenvalue weighted by molar-refractivity contribution is 0.196. The van der Waals surface area contributed by atoms with Gasteiger partial charge in [-0.05, 0) is 25.0 Å². The molecular weight excluding hydrogens is 193 g/mol. The molecule has 1 rings (SSSR count). The third-order valence-electron chi connectivity index (χ3n) is 2.32. The van der Waals surface area contributed by atoms with E-state index < -0.39 is 0 Å². The Kier molecular flexibility index (Phi) is 4.56. The monoisotopic (exact) mass is 211 g/mol. The number of rotatable bonds is 5. The Morgan fingerprint density at radius 1 is 1.47 bits per heavy atom. The highest BCUT2D eigenvalue weighted by molar-refractivity contribution is 5.32. The van der Waals surface area contributed by atoms with Crippen LogP contribution in [0.25, 0.3) is 0 Å². The van der Waals surface area contributed by atoms with E-state index in [0.717, 1.165) is 18.4 Å². The number of benzene rings is 1. The first-order valence-electron chi connectivity index (χ1n) is 5.30. The van der Waals surface area contributed by atoms with E-state index in [2.05, 4.69) is 6.92 Å². The van der Waals surface area contributed by atoms with Crippen molar-refractivity contribution in [1.29, 1.82) is 0 Å². The van der Waals surface area contributed by atoms with Gasteiger partial charge in [-0.15, -0.1) is 0 Å². The molecule has 15 heavy (non-hydrogen) atoms. The van der Waals surface area contributed by atoms with Crippen LogP contribution in [0.4, 0.5) is 4.39 Å². The van der Waals surface area contributed by atoms with Crippen molar-refractivity contribution in [2.75, 3.05) is 6.54 Å². The third kappa shape index (κ3) is 3.51. The molecule has 0 radical (unpaired) electrons. The second-order valence-corrected chi connectivity index (χ2v) is 3.67. The van der Waals surface area contributed by atoms with Crippen LogP contribution in [0.15, 0.2) is 18.2 Å². The molecule has 3 heteroatoms. The normalized spacial score (nSPS) is 12.5. The summed E-state index contributed by atoms with van der Waals surface area (Å²) in [5.74, 6) is 0.321. The van der Waals surface area contributed by atoms with Gasteiger partial charge < -0.3 is 10.5 Å². The summed E-state index contributed by atoms with van der Waals surface area (Å²) < 4.78 is 18.6. The molecule has 0 heterocycles. The Bertz CT molecular complexity index is 314. The maximum absolute atomic E-state index is 13.0. The van der Waals surface area contributed by atoms with Crippen LogP contribution in [0.3, 0.4) is 0 Å². The molecule has 0 aliphatic heterocycles. The van der Waals surface area contributed by atoms with Gasteiger partial charge in [0, 0.05) is 12.6 Å². The molecule has 0 spiro atoms. The molecule has 0 bridgehead atoms. The van der Waals surface area contributed by atoms with Crippen molar-refractivity contribution in [2.24, 2.45) is 5.73 Å². The second kappa shape index (κ2) is 5.71. The molecule has 0 amide bonds. The predicted molar refractivity (Wildman–Crippen MR) is 59.5 cm³/mol. The quantitative estimate of drug-likeness (QED) is 0.812. The summed E-state index contributed by atoms with van der Waals surface area (Å²) in [6.45, 7) is 4.43. The first kappa shape index (κ1) is 12.0.